The number of amides is 1. The smallest absolute Gasteiger partial charge is 0.237 e. The highest BCUT2D eigenvalue weighted by Crippen LogP contribution is 2.30. The summed E-state index contributed by atoms with van der Waals surface area (Å²) >= 11 is 7.56. The Bertz CT molecular complexity index is 499. The molecule has 9 atom stereocenters. The van der Waals surface area contributed by atoms with Crippen LogP contribution in [0.1, 0.15) is 46.0 Å². The lowest BCUT2D eigenvalue weighted by Crippen LogP contribution is -2.65. The molecule has 2 saturated heterocycles. The van der Waals surface area contributed by atoms with Gasteiger partial charge in [0.05, 0.1) is 17.5 Å². The zero-order valence-electron chi connectivity index (χ0n) is 16.9. The van der Waals surface area contributed by atoms with Crippen molar-refractivity contribution in [2.45, 2.75) is 93.3 Å². The minimum absolute atomic E-state index is 0.174. The number of hydrogen-bond acceptors (Lipinski definition) is 7. The van der Waals surface area contributed by atoms with E-state index in [0.717, 1.165) is 32.2 Å². The maximum atomic E-state index is 12.9. The molecule has 2 aliphatic rings. The molecule has 0 aliphatic carbocycles. The molecule has 164 valence electrons. The van der Waals surface area contributed by atoms with E-state index >= 15 is 0 Å². The zero-order chi connectivity index (χ0) is 20.8. The summed E-state index contributed by atoms with van der Waals surface area (Å²) in [6.07, 6.45) is 2.06. The van der Waals surface area contributed by atoms with E-state index in [1.54, 1.807) is 13.2 Å². The molecule has 9 heteroatoms. The van der Waals surface area contributed by atoms with Crippen molar-refractivity contribution in [3.63, 3.8) is 0 Å². The second-order valence-corrected chi connectivity index (χ2v) is 9.54. The summed E-state index contributed by atoms with van der Waals surface area (Å²) in [5.41, 5.74) is -0.705. The molecule has 0 bridgehead atoms. The van der Waals surface area contributed by atoms with Gasteiger partial charge in [-0.15, -0.1) is 23.4 Å². The number of carbonyl (C=O) groups excluding carboxylic acids is 1. The minimum Gasteiger partial charge on any atom is -0.388 e. The van der Waals surface area contributed by atoms with Gasteiger partial charge in [0.15, 0.2) is 0 Å². The molecule has 2 fully saturated rings. The van der Waals surface area contributed by atoms with Crippen LogP contribution in [0.15, 0.2) is 0 Å². The van der Waals surface area contributed by atoms with Gasteiger partial charge in [0, 0.05) is 0 Å². The van der Waals surface area contributed by atoms with E-state index < -0.39 is 41.3 Å². The van der Waals surface area contributed by atoms with Crippen LogP contribution >= 0.6 is 23.4 Å². The summed E-state index contributed by atoms with van der Waals surface area (Å²) < 4.78 is 5.80. The molecule has 0 radical (unpaired) electrons. The topological polar surface area (TPSA) is 111 Å². The third-order valence-electron chi connectivity index (χ3n) is 5.82. The van der Waals surface area contributed by atoms with Gasteiger partial charge < -0.3 is 30.7 Å². The third-order valence-corrected chi connectivity index (χ3v) is 6.94. The van der Waals surface area contributed by atoms with Gasteiger partial charge in [-0.3, -0.25) is 4.79 Å². The fourth-order valence-corrected chi connectivity index (χ4v) is 5.01. The molecule has 2 aliphatic heterocycles. The largest absolute Gasteiger partial charge is 0.388 e. The number of aliphatic hydroxyl groups is 3. The van der Waals surface area contributed by atoms with Gasteiger partial charge in [0.25, 0.3) is 0 Å². The Labute approximate surface area is 176 Å². The lowest BCUT2D eigenvalue weighted by Gasteiger charge is -2.44. The molecular formula is C19H35ClN2O5S. The Morgan fingerprint density at radius 3 is 2.57 bits per heavy atom. The van der Waals surface area contributed by atoms with E-state index in [1.807, 2.05) is 0 Å². The Morgan fingerprint density at radius 1 is 1.25 bits per heavy atom. The third kappa shape index (κ3) is 5.97. The minimum atomic E-state index is -1.36. The van der Waals surface area contributed by atoms with Gasteiger partial charge in [-0.1, -0.05) is 19.8 Å². The van der Waals surface area contributed by atoms with Crippen LogP contribution in [0.4, 0.5) is 0 Å². The summed E-state index contributed by atoms with van der Waals surface area (Å²) in [4.78, 5) is 12.9. The van der Waals surface area contributed by atoms with Gasteiger partial charge in [-0.25, -0.2) is 0 Å². The van der Waals surface area contributed by atoms with E-state index in [0.29, 0.717) is 5.92 Å². The lowest BCUT2D eigenvalue weighted by molar-refractivity contribution is -0.205. The normalized spacial score (nSPS) is 39.0. The predicted octanol–water partition coefficient (Wildman–Crippen LogP) is 0.828. The zero-order valence-corrected chi connectivity index (χ0v) is 18.5. The van der Waals surface area contributed by atoms with Crippen molar-refractivity contribution in [2.24, 2.45) is 5.92 Å². The van der Waals surface area contributed by atoms with Crippen molar-refractivity contribution in [2.75, 3.05) is 12.8 Å². The van der Waals surface area contributed by atoms with Gasteiger partial charge >= 0.3 is 0 Å². The van der Waals surface area contributed by atoms with E-state index in [9.17, 15) is 20.1 Å². The number of thioether (sulfide) groups is 1. The van der Waals surface area contributed by atoms with E-state index in [-0.39, 0.29) is 11.9 Å². The highest BCUT2D eigenvalue weighted by molar-refractivity contribution is 7.99. The van der Waals surface area contributed by atoms with Crippen LogP contribution in [0.5, 0.6) is 0 Å². The van der Waals surface area contributed by atoms with Crippen molar-refractivity contribution in [1.82, 2.24) is 10.6 Å². The van der Waals surface area contributed by atoms with Crippen LogP contribution in [0.3, 0.4) is 0 Å². The van der Waals surface area contributed by atoms with E-state index in [1.165, 1.54) is 18.2 Å². The molecule has 7 nitrogen and oxygen atoms in total. The number of hydrogen-bond donors (Lipinski definition) is 5. The highest BCUT2D eigenvalue weighted by atomic mass is 35.5. The fraction of sp³-hybridized carbons (Fsp3) is 0.947. The molecule has 2 rings (SSSR count). The first-order valence-corrected chi connectivity index (χ1v) is 11.9. The van der Waals surface area contributed by atoms with Crippen LogP contribution in [-0.4, -0.2) is 81.3 Å². The lowest BCUT2D eigenvalue weighted by atomic mass is 9.92. The molecule has 1 unspecified atom stereocenters. The molecule has 0 aromatic heterocycles. The second kappa shape index (κ2) is 11.3. The summed E-state index contributed by atoms with van der Waals surface area (Å²) in [7, 11) is 0. The van der Waals surface area contributed by atoms with Crippen molar-refractivity contribution in [1.29, 1.82) is 0 Å². The molecule has 5 N–H and O–H groups in total. The number of halogens is 1. The van der Waals surface area contributed by atoms with Crippen LogP contribution in [0.2, 0.25) is 0 Å². The molecule has 0 saturated carbocycles. The molecule has 0 spiro atoms. The van der Waals surface area contributed by atoms with Gasteiger partial charge in [0.2, 0.25) is 5.91 Å². The van der Waals surface area contributed by atoms with Crippen molar-refractivity contribution >= 4 is 29.3 Å². The van der Waals surface area contributed by atoms with Gasteiger partial charge in [-0.2, -0.15) is 0 Å². The van der Waals surface area contributed by atoms with Crippen LogP contribution in [0, 0.1) is 5.92 Å². The SMILES string of the molecule is CCC[C@@H]1CCN[C@H](C(=O)N[C@@H](C2O[C@H](SC)[C@H](O)[C@@H](O)[C@H]2O)[C@H](C)Cl)CC1. The van der Waals surface area contributed by atoms with Gasteiger partial charge in [0.1, 0.15) is 29.9 Å². The second-order valence-electron chi connectivity index (χ2n) is 7.92. The van der Waals surface area contributed by atoms with Crippen LogP contribution in [0.25, 0.3) is 0 Å². The van der Waals surface area contributed by atoms with Crippen molar-refractivity contribution in [3.05, 3.63) is 0 Å². The standard InChI is InChI=1S/C19H35ClN2O5S/c1-4-5-11-6-7-12(21-9-8-11)18(26)22-13(10(2)20)17-15(24)14(23)16(25)19(27-17)28-3/h10-17,19,21,23-25H,4-9H2,1-3H3,(H,22,26)/t10-,11-,12-,13+,14-,15+,16+,17?,19+/m0/s1. The van der Waals surface area contributed by atoms with Crippen molar-refractivity contribution < 1.29 is 24.9 Å². The Hall–Kier alpha value is -0.0900. The molecule has 1 amide bonds. The van der Waals surface area contributed by atoms with Crippen LogP contribution in [-0.2, 0) is 9.53 Å². The molecule has 2 heterocycles. The number of ether oxygens (including phenoxy) is 1. The first-order valence-electron chi connectivity index (χ1n) is 10.2. The average Bonchev–Trinajstić information content (AvgIpc) is 2.91. The monoisotopic (exact) mass is 438 g/mol. The van der Waals surface area contributed by atoms with Gasteiger partial charge in [-0.05, 0) is 44.9 Å². The number of aliphatic hydroxyl groups excluding tert-OH is 3. The quantitative estimate of drug-likeness (QED) is 0.374. The Morgan fingerprint density at radius 2 is 1.96 bits per heavy atom. The fourth-order valence-electron chi connectivity index (χ4n) is 4.12. The maximum absolute atomic E-state index is 12.9. The molecule has 0 aromatic carbocycles. The van der Waals surface area contributed by atoms with Crippen molar-refractivity contribution in [3.8, 4) is 0 Å². The first kappa shape index (κ1) is 24.2. The van der Waals surface area contributed by atoms with E-state index in [2.05, 4.69) is 17.6 Å². The van der Waals surface area contributed by atoms with Crippen LogP contribution < -0.4 is 10.6 Å². The molecular weight excluding hydrogens is 404 g/mol. The highest BCUT2D eigenvalue weighted by Gasteiger charge is 2.48. The predicted molar refractivity (Wildman–Crippen MR) is 111 cm³/mol. The summed E-state index contributed by atoms with van der Waals surface area (Å²) in [5.74, 6) is 0.465. The number of alkyl halides is 1. The number of carbonyl (C=O) groups is 1. The molecule has 28 heavy (non-hydrogen) atoms. The summed E-state index contributed by atoms with van der Waals surface area (Å²) in [5, 5.41) is 36.4. The maximum Gasteiger partial charge on any atom is 0.237 e. The number of nitrogens with one attached hydrogen (secondary N) is 2. The average molecular weight is 439 g/mol. The first-order chi connectivity index (χ1) is 13.3. The number of rotatable bonds is 7. The summed E-state index contributed by atoms with van der Waals surface area (Å²) in [6.45, 7) is 4.69. The summed E-state index contributed by atoms with van der Waals surface area (Å²) in [6, 6.07) is -1.01. The molecule has 0 aromatic rings. The van der Waals surface area contributed by atoms with E-state index in [4.69, 9.17) is 16.3 Å². The Balaban J connectivity index is 2.04. The Kier molecular flexibility index (Phi) is 9.80.